The number of halogens is 4. The van der Waals surface area contributed by atoms with Crippen molar-refractivity contribution in [1.82, 2.24) is 0 Å². The van der Waals surface area contributed by atoms with E-state index in [0.29, 0.717) is 0 Å². The van der Waals surface area contributed by atoms with E-state index in [2.05, 4.69) is 15.9 Å². The molecular weight excluding hydrogens is 321 g/mol. The Bertz CT molecular complexity index is 668. The van der Waals surface area contributed by atoms with Crippen LogP contribution in [0.15, 0.2) is 34.8 Å². The van der Waals surface area contributed by atoms with Gasteiger partial charge >= 0.3 is 0 Å². The lowest BCUT2D eigenvalue weighted by Gasteiger charge is -2.07. The molecule has 0 saturated carbocycles. The van der Waals surface area contributed by atoms with Crippen LogP contribution in [0, 0.1) is 24.4 Å². The van der Waals surface area contributed by atoms with Gasteiger partial charge in [-0.3, -0.25) is 4.79 Å². The topological polar surface area (TPSA) is 17.1 Å². The lowest BCUT2D eigenvalue weighted by Crippen LogP contribution is -2.09. The summed E-state index contributed by atoms with van der Waals surface area (Å²) in [6, 6.07) is 5.72. The van der Waals surface area contributed by atoms with Crippen LogP contribution in [0.5, 0.6) is 0 Å². The number of ketones is 1. The third-order valence-electron chi connectivity index (χ3n) is 2.69. The first-order valence-corrected chi connectivity index (χ1v) is 6.15. The van der Waals surface area contributed by atoms with Crippen molar-refractivity contribution in [3.05, 3.63) is 68.9 Å². The molecule has 0 fully saturated rings. The SMILES string of the molecule is Cc1ccc(F)c(C(=O)c2ccc(F)c(Br)c2)c1F. The Hall–Kier alpha value is -1.62. The zero-order chi connectivity index (χ0) is 14.2. The van der Waals surface area contributed by atoms with Crippen LogP contribution in [0.25, 0.3) is 0 Å². The van der Waals surface area contributed by atoms with Gasteiger partial charge in [-0.05, 0) is 52.7 Å². The zero-order valence-electron chi connectivity index (χ0n) is 9.81. The first-order chi connectivity index (χ1) is 8.91. The summed E-state index contributed by atoms with van der Waals surface area (Å²) in [5.74, 6) is -3.21. The van der Waals surface area contributed by atoms with E-state index in [1.165, 1.54) is 25.1 Å². The van der Waals surface area contributed by atoms with E-state index in [1.54, 1.807) is 0 Å². The molecule has 5 heteroatoms. The minimum absolute atomic E-state index is 0.0108. The molecule has 0 aromatic heterocycles. The van der Waals surface area contributed by atoms with Gasteiger partial charge in [-0.2, -0.15) is 0 Å². The van der Waals surface area contributed by atoms with Gasteiger partial charge in [-0.25, -0.2) is 13.2 Å². The predicted octanol–water partition coefficient (Wildman–Crippen LogP) is 4.41. The van der Waals surface area contributed by atoms with Gasteiger partial charge in [-0.15, -0.1) is 0 Å². The van der Waals surface area contributed by atoms with Gasteiger partial charge in [0, 0.05) is 5.56 Å². The second kappa shape index (κ2) is 5.17. The molecule has 0 aliphatic heterocycles. The van der Waals surface area contributed by atoms with Crippen LogP contribution in [0.1, 0.15) is 21.5 Å². The molecule has 98 valence electrons. The van der Waals surface area contributed by atoms with Crippen molar-refractivity contribution < 1.29 is 18.0 Å². The maximum Gasteiger partial charge on any atom is 0.198 e. The van der Waals surface area contributed by atoms with Crippen LogP contribution in [0.4, 0.5) is 13.2 Å². The molecule has 19 heavy (non-hydrogen) atoms. The van der Waals surface area contributed by atoms with E-state index < -0.39 is 28.8 Å². The average molecular weight is 329 g/mol. The third-order valence-corrected chi connectivity index (χ3v) is 3.30. The van der Waals surface area contributed by atoms with E-state index in [4.69, 9.17) is 0 Å². The number of carbonyl (C=O) groups excluding carboxylic acids is 1. The maximum atomic E-state index is 13.8. The Morgan fingerprint density at radius 3 is 2.32 bits per heavy atom. The number of benzene rings is 2. The smallest absolute Gasteiger partial charge is 0.198 e. The average Bonchev–Trinajstić information content (AvgIpc) is 2.37. The van der Waals surface area contributed by atoms with Crippen LogP contribution >= 0.6 is 15.9 Å². The summed E-state index contributed by atoms with van der Waals surface area (Å²) in [6.45, 7) is 1.44. The highest BCUT2D eigenvalue weighted by Crippen LogP contribution is 2.23. The Morgan fingerprint density at radius 2 is 1.68 bits per heavy atom. The van der Waals surface area contributed by atoms with Crippen LogP contribution in [0.2, 0.25) is 0 Å². The largest absolute Gasteiger partial charge is 0.288 e. The normalized spacial score (nSPS) is 10.6. The Labute approximate surface area is 116 Å². The van der Waals surface area contributed by atoms with Crippen molar-refractivity contribution in [1.29, 1.82) is 0 Å². The minimum Gasteiger partial charge on any atom is -0.288 e. The van der Waals surface area contributed by atoms with Crippen LogP contribution in [-0.4, -0.2) is 5.78 Å². The molecule has 2 rings (SSSR count). The number of hydrogen-bond donors (Lipinski definition) is 0. The Morgan fingerprint density at radius 1 is 1.05 bits per heavy atom. The molecule has 0 aliphatic carbocycles. The Kier molecular flexibility index (Phi) is 3.75. The quantitative estimate of drug-likeness (QED) is 0.746. The Balaban J connectivity index is 2.56. The molecule has 0 unspecified atom stereocenters. The molecule has 1 nitrogen and oxygen atoms in total. The second-order valence-corrected chi connectivity index (χ2v) is 4.87. The summed E-state index contributed by atoms with van der Waals surface area (Å²) < 4.78 is 40.6. The predicted molar refractivity (Wildman–Crippen MR) is 68.6 cm³/mol. The molecule has 0 bridgehead atoms. The monoisotopic (exact) mass is 328 g/mol. The first kappa shape index (κ1) is 13.8. The van der Waals surface area contributed by atoms with Crippen molar-refractivity contribution in [3.63, 3.8) is 0 Å². The molecule has 0 heterocycles. The van der Waals surface area contributed by atoms with Gasteiger partial charge in [0.25, 0.3) is 0 Å². The van der Waals surface area contributed by atoms with Crippen molar-refractivity contribution >= 4 is 21.7 Å². The fourth-order valence-corrected chi connectivity index (χ4v) is 2.03. The molecule has 0 atom stereocenters. The summed E-state index contributed by atoms with van der Waals surface area (Å²) in [6.07, 6.45) is 0. The zero-order valence-corrected chi connectivity index (χ0v) is 11.4. The molecule has 0 saturated heterocycles. The lowest BCUT2D eigenvalue weighted by atomic mass is 10.0. The lowest BCUT2D eigenvalue weighted by molar-refractivity contribution is 0.103. The fourth-order valence-electron chi connectivity index (χ4n) is 1.65. The molecule has 0 radical (unpaired) electrons. The number of carbonyl (C=O) groups is 1. The van der Waals surface area contributed by atoms with Crippen molar-refractivity contribution in [2.45, 2.75) is 6.92 Å². The highest BCUT2D eigenvalue weighted by molar-refractivity contribution is 9.10. The van der Waals surface area contributed by atoms with Gasteiger partial charge in [0.1, 0.15) is 17.5 Å². The van der Waals surface area contributed by atoms with Crippen molar-refractivity contribution in [2.24, 2.45) is 0 Å². The molecule has 0 amide bonds. The van der Waals surface area contributed by atoms with Crippen molar-refractivity contribution in [3.8, 4) is 0 Å². The number of rotatable bonds is 2. The number of hydrogen-bond acceptors (Lipinski definition) is 1. The van der Waals surface area contributed by atoms with Gasteiger partial charge in [0.2, 0.25) is 0 Å². The summed E-state index contributed by atoms with van der Waals surface area (Å²) in [4.78, 5) is 12.1. The summed E-state index contributed by atoms with van der Waals surface area (Å²) >= 11 is 2.92. The standard InChI is InChI=1S/C14H8BrF3O/c1-7-2-4-11(17)12(13(7)18)14(19)8-3-5-10(16)9(15)6-8/h2-6H,1H3. The van der Waals surface area contributed by atoms with E-state index in [-0.39, 0.29) is 15.6 Å². The summed E-state index contributed by atoms with van der Waals surface area (Å²) in [7, 11) is 0. The van der Waals surface area contributed by atoms with Crippen molar-refractivity contribution in [2.75, 3.05) is 0 Å². The van der Waals surface area contributed by atoms with E-state index in [9.17, 15) is 18.0 Å². The van der Waals surface area contributed by atoms with Gasteiger partial charge in [0.15, 0.2) is 5.78 Å². The molecular formula is C14H8BrF3O. The van der Waals surface area contributed by atoms with Gasteiger partial charge in [0.05, 0.1) is 10.0 Å². The van der Waals surface area contributed by atoms with E-state index >= 15 is 0 Å². The summed E-state index contributed by atoms with van der Waals surface area (Å²) in [5, 5.41) is 0. The molecule has 2 aromatic rings. The highest BCUT2D eigenvalue weighted by Gasteiger charge is 2.21. The fraction of sp³-hybridized carbons (Fsp3) is 0.0714. The second-order valence-electron chi connectivity index (χ2n) is 4.01. The van der Waals surface area contributed by atoms with E-state index in [1.807, 2.05) is 0 Å². The number of aryl methyl sites for hydroxylation is 1. The maximum absolute atomic E-state index is 13.8. The minimum atomic E-state index is -0.937. The van der Waals surface area contributed by atoms with E-state index in [0.717, 1.165) is 12.1 Å². The van der Waals surface area contributed by atoms with Gasteiger partial charge < -0.3 is 0 Å². The first-order valence-electron chi connectivity index (χ1n) is 5.36. The molecule has 0 aliphatic rings. The third kappa shape index (κ3) is 2.56. The van der Waals surface area contributed by atoms with Crippen LogP contribution < -0.4 is 0 Å². The van der Waals surface area contributed by atoms with Crippen LogP contribution in [0.3, 0.4) is 0 Å². The molecule has 0 spiro atoms. The van der Waals surface area contributed by atoms with Gasteiger partial charge in [-0.1, -0.05) is 6.07 Å². The van der Waals surface area contributed by atoms with Crippen LogP contribution in [-0.2, 0) is 0 Å². The molecule has 0 N–H and O–H groups in total. The molecule has 2 aromatic carbocycles. The summed E-state index contributed by atoms with van der Waals surface area (Å²) in [5.41, 5.74) is -0.443. The highest BCUT2D eigenvalue weighted by atomic mass is 79.9.